The third-order valence-electron chi connectivity index (χ3n) is 5.56. The zero-order chi connectivity index (χ0) is 22.2. The number of furan rings is 2. The van der Waals surface area contributed by atoms with E-state index in [1.165, 1.54) is 6.26 Å². The average Bonchev–Trinajstić information content (AvgIpc) is 3.50. The van der Waals surface area contributed by atoms with Gasteiger partial charge in [0.05, 0.1) is 17.5 Å². The van der Waals surface area contributed by atoms with Crippen LogP contribution >= 0.6 is 0 Å². The van der Waals surface area contributed by atoms with Gasteiger partial charge in [-0.15, -0.1) is 0 Å². The number of carbonyl (C=O) groups is 2. The van der Waals surface area contributed by atoms with Crippen LogP contribution in [-0.2, 0) is 6.42 Å². The van der Waals surface area contributed by atoms with E-state index in [9.17, 15) is 9.59 Å². The molecule has 9 nitrogen and oxygen atoms in total. The number of amides is 2. The third kappa shape index (κ3) is 3.51. The first-order valence-corrected chi connectivity index (χ1v) is 10.3. The van der Waals surface area contributed by atoms with Crippen molar-refractivity contribution in [2.45, 2.75) is 33.1 Å². The van der Waals surface area contributed by atoms with E-state index < -0.39 is 0 Å². The second kappa shape index (κ2) is 7.92. The number of carbonyl (C=O) groups excluding carboxylic acids is 2. The van der Waals surface area contributed by atoms with Crippen LogP contribution in [0.3, 0.4) is 0 Å². The number of hydrogen-bond donors (Lipinski definition) is 2. The van der Waals surface area contributed by atoms with Crippen LogP contribution in [0.4, 0.5) is 5.69 Å². The molecule has 1 aliphatic carbocycles. The molecule has 2 aromatic heterocycles. The molecule has 0 bridgehead atoms. The zero-order valence-electron chi connectivity index (χ0n) is 17.6. The highest BCUT2D eigenvalue weighted by Gasteiger charge is 2.28. The molecule has 3 heterocycles. The SMILES string of the molecule is Cc1occc1C(=O)N/N=C1\CCCc2oc(C(=O)Nc3ccc4c(c3)OCO4)c(C)c21. The average molecular weight is 435 g/mol. The van der Waals surface area contributed by atoms with Crippen molar-refractivity contribution >= 4 is 23.2 Å². The van der Waals surface area contributed by atoms with Gasteiger partial charge < -0.3 is 23.6 Å². The van der Waals surface area contributed by atoms with Gasteiger partial charge in [-0.2, -0.15) is 5.10 Å². The minimum Gasteiger partial charge on any atom is -0.469 e. The number of hydrogen-bond acceptors (Lipinski definition) is 7. The summed E-state index contributed by atoms with van der Waals surface area (Å²) in [6, 6.07) is 6.79. The predicted molar refractivity (Wildman–Crippen MR) is 114 cm³/mol. The van der Waals surface area contributed by atoms with E-state index >= 15 is 0 Å². The van der Waals surface area contributed by atoms with Crippen LogP contribution in [0.1, 0.15) is 56.4 Å². The third-order valence-corrected chi connectivity index (χ3v) is 5.56. The standard InChI is InChI=1S/C23H21N3O6/c1-12-20-16(25-26-22(27)15-8-9-29-13(15)2)4-3-5-18(20)32-21(12)23(28)24-14-6-7-17-19(10-14)31-11-30-17/h6-10H,3-5,11H2,1-2H3,(H,24,28)(H,26,27)/b25-16+. The van der Waals surface area contributed by atoms with Crippen molar-refractivity contribution in [3.8, 4) is 11.5 Å². The summed E-state index contributed by atoms with van der Waals surface area (Å²) in [6.45, 7) is 3.70. The zero-order valence-corrected chi connectivity index (χ0v) is 17.6. The van der Waals surface area contributed by atoms with Crippen molar-refractivity contribution < 1.29 is 27.9 Å². The van der Waals surface area contributed by atoms with Crippen molar-refractivity contribution in [2.75, 3.05) is 12.1 Å². The molecule has 2 amide bonds. The topological polar surface area (TPSA) is 115 Å². The molecule has 0 radical (unpaired) electrons. The van der Waals surface area contributed by atoms with E-state index in [0.29, 0.717) is 58.4 Å². The van der Waals surface area contributed by atoms with Gasteiger partial charge in [-0.3, -0.25) is 9.59 Å². The van der Waals surface area contributed by atoms with E-state index in [-0.39, 0.29) is 24.4 Å². The van der Waals surface area contributed by atoms with E-state index in [0.717, 1.165) is 12.0 Å². The van der Waals surface area contributed by atoms with Crippen LogP contribution in [0.2, 0.25) is 0 Å². The maximum Gasteiger partial charge on any atom is 0.291 e. The smallest absolute Gasteiger partial charge is 0.291 e. The number of rotatable bonds is 4. The van der Waals surface area contributed by atoms with Crippen LogP contribution in [0.15, 0.2) is 44.5 Å². The summed E-state index contributed by atoms with van der Waals surface area (Å²) in [5.74, 6) is 1.94. The van der Waals surface area contributed by atoms with Crippen LogP contribution in [0, 0.1) is 13.8 Å². The predicted octanol–water partition coefficient (Wildman–Crippen LogP) is 3.94. The molecule has 2 aliphatic rings. The number of benzene rings is 1. The van der Waals surface area contributed by atoms with Crippen LogP contribution in [0.25, 0.3) is 0 Å². The fraction of sp³-hybridized carbons (Fsp3) is 0.261. The first-order valence-electron chi connectivity index (χ1n) is 10.3. The van der Waals surface area contributed by atoms with Gasteiger partial charge in [-0.25, -0.2) is 5.43 Å². The summed E-state index contributed by atoms with van der Waals surface area (Å²) >= 11 is 0. The lowest BCUT2D eigenvalue weighted by atomic mass is 9.93. The summed E-state index contributed by atoms with van der Waals surface area (Å²) in [6.07, 6.45) is 3.63. The fourth-order valence-electron chi connectivity index (χ4n) is 3.96. The molecule has 2 N–H and O–H groups in total. The molecule has 0 saturated carbocycles. The first kappa shape index (κ1) is 19.9. The Bertz CT molecular complexity index is 1250. The van der Waals surface area contributed by atoms with Crippen molar-refractivity contribution in [1.29, 1.82) is 0 Å². The van der Waals surface area contributed by atoms with Crippen LogP contribution in [0.5, 0.6) is 11.5 Å². The second-order valence-corrected chi connectivity index (χ2v) is 7.62. The van der Waals surface area contributed by atoms with Crippen molar-refractivity contribution in [3.05, 3.63) is 64.5 Å². The molecule has 0 atom stereocenters. The molecule has 0 spiro atoms. The molecule has 9 heteroatoms. The number of ether oxygens (including phenoxy) is 2. The minimum atomic E-state index is -0.367. The molecule has 3 aromatic rings. The Morgan fingerprint density at radius 2 is 1.88 bits per heavy atom. The van der Waals surface area contributed by atoms with Gasteiger partial charge in [0.2, 0.25) is 6.79 Å². The van der Waals surface area contributed by atoms with Crippen molar-refractivity contribution in [1.82, 2.24) is 5.43 Å². The van der Waals surface area contributed by atoms with Gasteiger partial charge in [0, 0.05) is 29.3 Å². The van der Waals surface area contributed by atoms with E-state index in [1.54, 1.807) is 31.2 Å². The summed E-state index contributed by atoms with van der Waals surface area (Å²) in [7, 11) is 0. The molecule has 0 fully saturated rings. The normalized spacial score (nSPS) is 15.5. The molecule has 1 aromatic carbocycles. The summed E-state index contributed by atoms with van der Waals surface area (Å²) in [4.78, 5) is 25.3. The summed E-state index contributed by atoms with van der Waals surface area (Å²) < 4.78 is 21.7. The Hall–Kier alpha value is -4.01. The monoisotopic (exact) mass is 435 g/mol. The lowest BCUT2D eigenvalue weighted by molar-refractivity contribution is 0.0952. The maximum absolute atomic E-state index is 12.9. The van der Waals surface area contributed by atoms with E-state index in [4.69, 9.17) is 18.3 Å². The Kier molecular flexibility index (Phi) is 4.93. The van der Waals surface area contributed by atoms with E-state index in [2.05, 4.69) is 15.8 Å². The van der Waals surface area contributed by atoms with Gasteiger partial charge in [0.15, 0.2) is 17.3 Å². The second-order valence-electron chi connectivity index (χ2n) is 7.62. The molecule has 1 aliphatic heterocycles. The summed E-state index contributed by atoms with van der Waals surface area (Å²) in [5, 5.41) is 7.17. The highest BCUT2D eigenvalue weighted by Crippen LogP contribution is 2.35. The molecular formula is C23H21N3O6. The Balaban J connectivity index is 1.37. The Labute approximate surface area is 183 Å². The van der Waals surface area contributed by atoms with Crippen molar-refractivity contribution in [3.63, 3.8) is 0 Å². The number of fused-ring (bicyclic) bond motifs is 2. The Morgan fingerprint density at radius 1 is 1.03 bits per heavy atom. The molecular weight excluding hydrogens is 414 g/mol. The largest absolute Gasteiger partial charge is 0.469 e. The highest BCUT2D eigenvalue weighted by atomic mass is 16.7. The number of aryl methyl sites for hydroxylation is 2. The number of nitrogens with one attached hydrogen (secondary N) is 2. The molecule has 5 rings (SSSR count). The first-order chi connectivity index (χ1) is 15.5. The highest BCUT2D eigenvalue weighted by molar-refractivity contribution is 6.09. The fourth-order valence-corrected chi connectivity index (χ4v) is 3.96. The molecule has 0 unspecified atom stereocenters. The van der Waals surface area contributed by atoms with Gasteiger partial charge >= 0.3 is 0 Å². The molecule has 32 heavy (non-hydrogen) atoms. The number of hydrazone groups is 1. The summed E-state index contributed by atoms with van der Waals surface area (Å²) in [5.41, 5.74) is 5.73. The van der Waals surface area contributed by atoms with Gasteiger partial charge in [0.1, 0.15) is 11.5 Å². The van der Waals surface area contributed by atoms with Gasteiger partial charge in [0.25, 0.3) is 11.8 Å². The van der Waals surface area contributed by atoms with Gasteiger partial charge in [-0.1, -0.05) is 0 Å². The van der Waals surface area contributed by atoms with E-state index in [1.807, 2.05) is 6.92 Å². The minimum absolute atomic E-state index is 0.162. The van der Waals surface area contributed by atoms with Crippen LogP contribution < -0.4 is 20.2 Å². The van der Waals surface area contributed by atoms with Crippen LogP contribution in [-0.4, -0.2) is 24.3 Å². The lowest BCUT2D eigenvalue weighted by Gasteiger charge is -2.13. The Morgan fingerprint density at radius 3 is 2.69 bits per heavy atom. The quantitative estimate of drug-likeness (QED) is 0.600. The maximum atomic E-state index is 12.9. The van der Waals surface area contributed by atoms with Crippen molar-refractivity contribution in [2.24, 2.45) is 5.10 Å². The van der Waals surface area contributed by atoms with Gasteiger partial charge in [-0.05, 0) is 44.9 Å². The molecule has 164 valence electrons. The molecule has 0 saturated heterocycles. The number of anilines is 1. The number of nitrogens with zero attached hydrogens (tertiary/aromatic N) is 1. The lowest BCUT2D eigenvalue weighted by Crippen LogP contribution is -2.22.